The van der Waals surface area contributed by atoms with E-state index in [0.717, 1.165) is 16.3 Å². The maximum absolute atomic E-state index is 5.85. The van der Waals surface area contributed by atoms with E-state index in [4.69, 9.17) is 15.2 Å². The van der Waals surface area contributed by atoms with Gasteiger partial charge in [-0.3, -0.25) is 0 Å². The van der Waals surface area contributed by atoms with Gasteiger partial charge in [-0.1, -0.05) is 6.07 Å². The average Bonchev–Trinajstić information content (AvgIpc) is 2.81. The van der Waals surface area contributed by atoms with Crippen molar-refractivity contribution in [1.29, 1.82) is 0 Å². The minimum atomic E-state index is -0.0239. The van der Waals surface area contributed by atoms with Gasteiger partial charge in [0.05, 0.1) is 17.8 Å². The van der Waals surface area contributed by atoms with Gasteiger partial charge >= 0.3 is 0 Å². The molecule has 2 N–H and O–H groups in total. The molecule has 1 heterocycles. The monoisotopic (exact) mass is 278 g/mol. The molecule has 0 aliphatic rings. The van der Waals surface area contributed by atoms with Crippen LogP contribution in [0.25, 0.3) is 0 Å². The van der Waals surface area contributed by atoms with E-state index in [2.05, 4.69) is 4.98 Å². The zero-order valence-corrected chi connectivity index (χ0v) is 12.2. The highest BCUT2D eigenvalue weighted by Crippen LogP contribution is 2.30. The summed E-state index contributed by atoms with van der Waals surface area (Å²) in [6.07, 6.45) is 0. The van der Waals surface area contributed by atoms with E-state index < -0.39 is 0 Å². The number of aromatic nitrogens is 1. The molecule has 0 saturated heterocycles. The van der Waals surface area contributed by atoms with Crippen LogP contribution in [-0.4, -0.2) is 12.1 Å². The van der Waals surface area contributed by atoms with Crippen LogP contribution < -0.4 is 15.2 Å². The smallest absolute Gasteiger partial charge is 0.161 e. The molecule has 4 nitrogen and oxygen atoms in total. The van der Waals surface area contributed by atoms with Gasteiger partial charge in [-0.15, -0.1) is 11.3 Å². The van der Waals surface area contributed by atoms with E-state index in [0.29, 0.717) is 18.1 Å². The normalized spacial score (nSPS) is 12.2. The Hall–Kier alpha value is -1.59. The first-order valence-electron chi connectivity index (χ1n) is 6.07. The van der Waals surface area contributed by atoms with Crippen molar-refractivity contribution < 1.29 is 9.47 Å². The van der Waals surface area contributed by atoms with Crippen LogP contribution in [0.4, 0.5) is 0 Å². The second kappa shape index (κ2) is 6.04. The molecule has 0 aliphatic carbocycles. The summed E-state index contributed by atoms with van der Waals surface area (Å²) in [6, 6.07) is 5.72. The predicted molar refractivity (Wildman–Crippen MR) is 76.8 cm³/mol. The van der Waals surface area contributed by atoms with Crippen LogP contribution in [0.2, 0.25) is 0 Å². The Morgan fingerprint density at radius 1 is 1.37 bits per heavy atom. The summed E-state index contributed by atoms with van der Waals surface area (Å²) in [7, 11) is 1.63. The molecule has 2 aromatic rings. The second-order valence-corrected chi connectivity index (χ2v) is 5.41. The molecule has 2 rings (SSSR count). The number of hydrogen-bond acceptors (Lipinski definition) is 5. The highest BCUT2D eigenvalue weighted by molar-refractivity contribution is 7.09. The van der Waals surface area contributed by atoms with Crippen LogP contribution in [0.5, 0.6) is 11.5 Å². The van der Waals surface area contributed by atoms with Gasteiger partial charge in [-0.05, 0) is 31.5 Å². The van der Waals surface area contributed by atoms with Gasteiger partial charge in [-0.25, -0.2) is 4.98 Å². The Bertz CT molecular complexity index is 552. The van der Waals surface area contributed by atoms with E-state index >= 15 is 0 Å². The van der Waals surface area contributed by atoms with Crippen LogP contribution in [0.15, 0.2) is 23.6 Å². The fourth-order valence-electron chi connectivity index (χ4n) is 1.71. The number of methoxy groups -OCH3 is 1. The van der Waals surface area contributed by atoms with Crippen LogP contribution in [0, 0.1) is 6.92 Å². The average molecular weight is 278 g/mol. The molecule has 0 unspecified atom stereocenters. The van der Waals surface area contributed by atoms with Gasteiger partial charge in [0, 0.05) is 11.4 Å². The maximum atomic E-state index is 5.85. The number of thiazole rings is 1. The Labute approximate surface area is 117 Å². The number of ether oxygens (including phenoxy) is 2. The third kappa shape index (κ3) is 3.45. The Kier molecular flexibility index (Phi) is 4.39. The number of nitrogens with zero attached hydrogens (tertiary/aromatic N) is 1. The first-order valence-corrected chi connectivity index (χ1v) is 6.95. The SMILES string of the molecule is COc1cc([C@@H](C)N)ccc1OCc1csc(C)n1. The zero-order valence-electron chi connectivity index (χ0n) is 11.3. The third-order valence-electron chi connectivity index (χ3n) is 2.76. The molecule has 0 bridgehead atoms. The highest BCUT2D eigenvalue weighted by Gasteiger charge is 2.09. The summed E-state index contributed by atoms with van der Waals surface area (Å²) in [5.41, 5.74) is 7.80. The molecule has 0 fully saturated rings. The lowest BCUT2D eigenvalue weighted by Crippen LogP contribution is -2.05. The quantitative estimate of drug-likeness (QED) is 0.913. The molecule has 0 spiro atoms. The van der Waals surface area contributed by atoms with Crippen molar-refractivity contribution in [3.8, 4) is 11.5 Å². The van der Waals surface area contributed by atoms with Gasteiger partial charge in [-0.2, -0.15) is 0 Å². The Morgan fingerprint density at radius 2 is 2.16 bits per heavy atom. The van der Waals surface area contributed by atoms with E-state index in [1.165, 1.54) is 0 Å². The molecule has 1 aromatic heterocycles. The molecule has 19 heavy (non-hydrogen) atoms. The second-order valence-electron chi connectivity index (χ2n) is 4.35. The van der Waals surface area contributed by atoms with Crippen LogP contribution in [0.1, 0.15) is 29.2 Å². The maximum Gasteiger partial charge on any atom is 0.161 e. The zero-order chi connectivity index (χ0) is 13.8. The first-order chi connectivity index (χ1) is 9.10. The van der Waals surface area contributed by atoms with Gasteiger partial charge in [0.2, 0.25) is 0 Å². The van der Waals surface area contributed by atoms with Crippen molar-refractivity contribution in [2.75, 3.05) is 7.11 Å². The lowest BCUT2D eigenvalue weighted by Gasteiger charge is -2.13. The minimum absolute atomic E-state index is 0.0239. The summed E-state index contributed by atoms with van der Waals surface area (Å²) in [4.78, 5) is 4.36. The van der Waals surface area contributed by atoms with Crippen molar-refractivity contribution in [3.63, 3.8) is 0 Å². The lowest BCUT2D eigenvalue weighted by atomic mass is 10.1. The third-order valence-corrected chi connectivity index (χ3v) is 3.58. The topological polar surface area (TPSA) is 57.4 Å². The standard InChI is InChI=1S/C14H18N2O2S/c1-9(15)11-4-5-13(14(6-11)17-3)18-7-12-8-19-10(2)16-12/h4-6,8-9H,7,15H2,1-3H3/t9-/m1/s1. The van der Waals surface area contributed by atoms with E-state index in [1.807, 2.05) is 37.4 Å². The van der Waals surface area contributed by atoms with Gasteiger partial charge in [0.1, 0.15) is 6.61 Å². The summed E-state index contributed by atoms with van der Waals surface area (Å²) >= 11 is 1.62. The predicted octanol–water partition coefficient (Wildman–Crippen LogP) is 3.06. The van der Waals surface area contributed by atoms with E-state index in [1.54, 1.807) is 18.4 Å². The van der Waals surface area contributed by atoms with Crippen LogP contribution >= 0.6 is 11.3 Å². The fraction of sp³-hybridized carbons (Fsp3) is 0.357. The van der Waals surface area contributed by atoms with Gasteiger partial charge in [0.25, 0.3) is 0 Å². The highest BCUT2D eigenvalue weighted by atomic mass is 32.1. The molecule has 5 heteroatoms. The minimum Gasteiger partial charge on any atom is -0.493 e. The molecule has 1 atom stereocenters. The molecule has 0 saturated carbocycles. The molecule has 102 valence electrons. The Morgan fingerprint density at radius 3 is 2.74 bits per heavy atom. The van der Waals surface area contributed by atoms with Crippen molar-refractivity contribution >= 4 is 11.3 Å². The Balaban J connectivity index is 2.11. The first kappa shape index (κ1) is 13.8. The molecule has 1 aromatic carbocycles. The molecular weight excluding hydrogens is 260 g/mol. The van der Waals surface area contributed by atoms with Crippen molar-refractivity contribution in [1.82, 2.24) is 4.98 Å². The number of rotatable bonds is 5. The van der Waals surface area contributed by atoms with Gasteiger partial charge < -0.3 is 15.2 Å². The molecule has 0 amide bonds. The number of aryl methyl sites for hydroxylation is 1. The lowest BCUT2D eigenvalue weighted by molar-refractivity contribution is 0.281. The van der Waals surface area contributed by atoms with Crippen molar-refractivity contribution in [2.45, 2.75) is 26.5 Å². The number of benzene rings is 1. The van der Waals surface area contributed by atoms with Crippen molar-refractivity contribution in [2.24, 2.45) is 5.73 Å². The van der Waals surface area contributed by atoms with E-state index in [9.17, 15) is 0 Å². The number of nitrogens with two attached hydrogens (primary N) is 1. The van der Waals surface area contributed by atoms with Crippen LogP contribution in [0.3, 0.4) is 0 Å². The molecular formula is C14H18N2O2S. The summed E-state index contributed by atoms with van der Waals surface area (Å²) < 4.78 is 11.1. The summed E-state index contributed by atoms with van der Waals surface area (Å²) in [6.45, 7) is 4.36. The molecule has 0 aliphatic heterocycles. The summed E-state index contributed by atoms with van der Waals surface area (Å²) in [5, 5.41) is 3.04. The fourth-order valence-corrected chi connectivity index (χ4v) is 2.31. The van der Waals surface area contributed by atoms with Gasteiger partial charge in [0.15, 0.2) is 11.5 Å². The molecule has 0 radical (unpaired) electrons. The summed E-state index contributed by atoms with van der Waals surface area (Å²) in [5.74, 6) is 1.40. The largest absolute Gasteiger partial charge is 0.493 e. The number of hydrogen-bond donors (Lipinski definition) is 1. The van der Waals surface area contributed by atoms with Crippen molar-refractivity contribution in [3.05, 3.63) is 39.8 Å². The van der Waals surface area contributed by atoms with Crippen LogP contribution in [-0.2, 0) is 6.61 Å². The van der Waals surface area contributed by atoms with E-state index in [-0.39, 0.29) is 6.04 Å².